The summed E-state index contributed by atoms with van der Waals surface area (Å²) in [4.78, 5) is 52.2. The van der Waals surface area contributed by atoms with E-state index in [9.17, 15) is 19.5 Å². The highest BCUT2D eigenvalue weighted by Gasteiger charge is 2.38. The van der Waals surface area contributed by atoms with Gasteiger partial charge in [0, 0.05) is 27.1 Å². The predicted octanol–water partition coefficient (Wildman–Crippen LogP) is 0.830. The molecule has 3 heterocycles. The monoisotopic (exact) mass is 458 g/mol. The molecule has 3 amide bonds. The Morgan fingerprint density at radius 3 is 2.62 bits per heavy atom. The molecule has 1 fully saturated rings. The van der Waals surface area contributed by atoms with Gasteiger partial charge in [-0.1, -0.05) is 18.2 Å². The number of piperazine rings is 1. The highest BCUT2D eigenvalue weighted by molar-refractivity contribution is 6.29. The quantitative estimate of drug-likeness (QED) is 0.501. The van der Waals surface area contributed by atoms with Crippen molar-refractivity contribution in [2.75, 3.05) is 26.7 Å². The first-order chi connectivity index (χ1) is 15.3. The van der Waals surface area contributed by atoms with Crippen molar-refractivity contribution in [3.63, 3.8) is 0 Å². The van der Waals surface area contributed by atoms with Crippen LogP contribution in [-0.2, 0) is 9.59 Å². The van der Waals surface area contributed by atoms with E-state index in [0.717, 1.165) is 0 Å². The van der Waals surface area contributed by atoms with Crippen LogP contribution in [0.1, 0.15) is 29.0 Å². The SMILES string of the molecule is C=CC(=O)N1C[C@@H](CO)N(C(C)=O)[C@@H](c2cc(Cl)nc(-c3cc(C(=O)NC)ncn3)c2)C1. The van der Waals surface area contributed by atoms with Gasteiger partial charge in [-0.3, -0.25) is 14.4 Å². The Labute approximate surface area is 189 Å². The largest absolute Gasteiger partial charge is 0.394 e. The van der Waals surface area contributed by atoms with Crippen LogP contribution in [0.2, 0.25) is 5.15 Å². The summed E-state index contributed by atoms with van der Waals surface area (Å²) in [6.07, 6.45) is 2.44. The Morgan fingerprint density at radius 2 is 2.00 bits per heavy atom. The molecule has 11 heteroatoms. The minimum atomic E-state index is -0.593. The van der Waals surface area contributed by atoms with Gasteiger partial charge in [-0.25, -0.2) is 15.0 Å². The summed E-state index contributed by atoms with van der Waals surface area (Å²) in [5.74, 6) is -0.934. The van der Waals surface area contributed by atoms with Crippen molar-refractivity contribution in [3.05, 3.63) is 53.6 Å². The van der Waals surface area contributed by atoms with Gasteiger partial charge in [0.1, 0.15) is 17.2 Å². The van der Waals surface area contributed by atoms with Gasteiger partial charge in [-0.05, 0) is 29.8 Å². The molecule has 2 aromatic heterocycles. The maximum atomic E-state index is 12.5. The van der Waals surface area contributed by atoms with Gasteiger partial charge in [0.15, 0.2) is 0 Å². The number of carbonyl (C=O) groups is 3. The van der Waals surface area contributed by atoms with E-state index in [0.29, 0.717) is 17.0 Å². The van der Waals surface area contributed by atoms with E-state index in [1.54, 1.807) is 12.1 Å². The first kappa shape index (κ1) is 23.3. The minimum Gasteiger partial charge on any atom is -0.394 e. The van der Waals surface area contributed by atoms with Crippen molar-refractivity contribution in [1.82, 2.24) is 30.1 Å². The fourth-order valence-corrected chi connectivity index (χ4v) is 3.97. The predicted molar refractivity (Wildman–Crippen MR) is 117 cm³/mol. The highest BCUT2D eigenvalue weighted by Crippen LogP contribution is 2.32. The Balaban J connectivity index is 2.08. The zero-order valence-electron chi connectivity index (χ0n) is 17.7. The van der Waals surface area contributed by atoms with Crippen LogP contribution in [0.3, 0.4) is 0 Å². The van der Waals surface area contributed by atoms with Gasteiger partial charge in [0.05, 0.1) is 30.1 Å². The van der Waals surface area contributed by atoms with E-state index in [1.165, 1.54) is 42.2 Å². The number of hydrogen-bond acceptors (Lipinski definition) is 7. The lowest BCUT2D eigenvalue weighted by molar-refractivity contribution is -0.145. The number of aromatic nitrogens is 3. The number of hydrogen-bond donors (Lipinski definition) is 2. The molecule has 0 bridgehead atoms. The zero-order valence-corrected chi connectivity index (χ0v) is 18.4. The number of nitrogens with one attached hydrogen (secondary N) is 1. The Bertz CT molecular complexity index is 1060. The molecule has 2 N–H and O–H groups in total. The van der Waals surface area contributed by atoms with Crippen molar-refractivity contribution in [2.24, 2.45) is 0 Å². The number of aliphatic hydroxyl groups excluding tert-OH is 1. The van der Waals surface area contributed by atoms with Crippen LogP contribution in [0.25, 0.3) is 11.4 Å². The summed E-state index contributed by atoms with van der Waals surface area (Å²) in [5.41, 5.74) is 1.50. The fraction of sp³-hybridized carbons (Fsp3) is 0.333. The van der Waals surface area contributed by atoms with Gasteiger partial charge in [0.25, 0.3) is 5.91 Å². The first-order valence-corrected chi connectivity index (χ1v) is 10.2. The molecule has 1 aliphatic rings. The third kappa shape index (κ3) is 4.76. The van der Waals surface area contributed by atoms with Crippen molar-refractivity contribution in [3.8, 4) is 11.4 Å². The first-order valence-electron chi connectivity index (χ1n) is 9.82. The van der Waals surface area contributed by atoms with Gasteiger partial charge in [-0.2, -0.15) is 0 Å². The second kappa shape index (κ2) is 9.84. The van der Waals surface area contributed by atoms with E-state index < -0.39 is 12.1 Å². The summed E-state index contributed by atoms with van der Waals surface area (Å²) in [5, 5.41) is 12.5. The molecule has 0 radical (unpaired) electrons. The number of carbonyl (C=O) groups excluding carboxylic acids is 3. The molecule has 0 spiro atoms. The number of rotatable bonds is 5. The lowest BCUT2D eigenvalue weighted by Gasteiger charge is -2.46. The molecule has 10 nitrogen and oxygen atoms in total. The van der Waals surface area contributed by atoms with Gasteiger partial charge < -0.3 is 20.2 Å². The van der Waals surface area contributed by atoms with Crippen molar-refractivity contribution in [2.45, 2.75) is 19.0 Å². The molecular formula is C21H23ClN6O4. The van der Waals surface area contributed by atoms with Crippen LogP contribution in [0.4, 0.5) is 0 Å². The van der Waals surface area contributed by atoms with Gasteiger partial charge in [0.2, 0.25) is 11.8 Å². The lowest BCUT2D eigenvalue weighted by atomic mass is 9.98. The van der Waals surface area contributed by atoms with Gasteiger partial charge in [-0.15, -0.1) is 0 Å². The van der Waals surface area contributed by atoms with Crippen LogP contribution in [0, 0.1) is 0 Å². The molecule has 0 aromatic carbocycles. The van der Waals surface area contributed by atoms with E-state index in [1.807, 2.05) is 0 Å². The third-order valence-electron chi connectivity index (χ3n) is 5.20. The lowest BCUT2D eigenvalue weighted by Crippen LogP contribution is -2.58. The number of nitrogens with zero attached hydrogens (tertiary/aromatic N) is 5. The van der Waals surface area contributed by atoms with E-state index in [2.05, 4.69) is 26.8 Å². The second-order valence-electron chi connectivity index (χ2n) is 7.20. The molecule has 1 saturated heterocycles. The zero-order chi connectivity index (χ0) is 23.4. The summed E-state index contributed by atoms with van der Waals surface area (Å²) in [7, 11) is 1.49. The van der Waals surface area contributed by atoms with Crippen LogP contribution in [0.15, 0.2) is 37.2 Å². The van der Waals surface area contributed by atoms with Crippen LogP contribution >= 0.6 is 11.6 Å². The standard InChI is InChI=1S/C21H23ClN6O4/c1-4-20(31)27-8-14(10-29)28(12(2)30)18(9-27)13-5-16(26-19(22)6-13)15-7-17(21(32)23-3)25-11-24-15/h4-7,11,14,18,29H,1,8-10H2,2-3H3,(H,23,32)/t14-,18+/m0/s1. The van der Waals surface area contributed by atoms with Crippen molar-refractivity contribution < 1.29 is 19.5 Å². The molecule has 168 valence electrons. The molecule has 0 aliphatic carbocycles. The summed E-state index contributed by atoms with van der Waals surface area (Å²) >= 11 is 6.29. The van der Waals surface area contributed by atoms with Crippen LogP contribution < -0.4 is 5.32 Å². The summed E-state index contributed by atoms with van der Waals surface area (Å²) in [6.45, 7) is 4.99. The van der Waals surface area contributed by atoms with Crippen molar-refractivity contribution in [1.29, 1.82) is 0 Å². The number of pyridine rings is 1. The molecule has 3 rings (SSSR count). The van der Waals surface area contributed by atoms with Gasteiger partial charge >= 0.3 is 0 Å². The Morgan fingerprint density at radius 1 is 1.25 bits per heavy atom. The summed E-state index contributed by atoms with van der Waals surface area (Å²) in [6, 6.07) is 3.60. The average Bonchev–Trinajstić information content (AvgIpc) is 2.81. The highest BCUT2D eigenvalue weighted by atomic mass is 35.5. The molecule has 0 unspecified atom stereocenters. The molecule has 0 saturated carbocycles. The molecule has 32 heavy (non-hydrogen) atoms. The van der Waals surface area contributed by atoms with E-state index in [4.69, 9.17) is 11.6 Å². The molecule has 2 aromatic rings. The minimum absolute atomic E-state index is 0.147. The smallest absolute Gasteiger partial charge is 0.269 e. The molecule has 2 atom stereocenters. The second-order valence-corrected chi connectivity index (χ2v) is 7.59. The number of halogens is 1. The Kier molecular flexibility index (Phi) is 7.16. The maximum Gasteiger partial charge on any atom is 0.269 e. The average molecular weight is 459 g/mol. The normalized spacial score (nSPS) is 18.2. The van der Waals surface area contributed by atoms with Crippen molar-refractivity contribution >= 4 is 29.3 Å². The Hall–Kier alpha value is -3.37. The molecular weight excluding hydrogens is 436 g/mol. The van der Waals surface area contributed by atoms with E-state index >= 15 is 0 Å². The molecule has 1 aliphatic heterocycles. The van der Waals surface area contributed by atoms with Crippen LogP contribution in [-0.4, -0.2) is 80.4 Å². The summed E-state index contributed by atoms with van der Waals surface area (Å²) < 4.78 is 0. The third-order valence-corrected chi connectivity index (χ3v) is 5.40. The number of aliphatic hydroxyl groups is 1. The number of amides is 3. The van der Waals surface area contributed by atoms with Crippen LogP contribution in [0.5, 0.6) is 0 Å². The maximum absolute atomic E-state index is 12.5. The fourth-order valence-electron chi connectivity index (χ4n) is 3.76. The van der Waals surface area contributed by atoms with E-state index in [-0.39, 0.29) is 48.3 Å². The topological polar surface area (TPSA) is 129 Å².